The number of hydrogen-bond donors (Lipinski definition) is 1. The van der Waals surface area contributed by atoms with Crippen LogP contribution in [-0.4, -0.2) is 27.9 Å². The fourth-order valence-corrected chi connectivity index (χ4v) is 2.73. The number of carboxylic acid groups (broad SMARTS) is 1. The van der Waals surface area contributed by atoms with Crippen LogP contribution in [-0.2, 0) is 6.54 Å². The SMILES string of the molecule is O=C(O)c1coc(C(=O)N(Cc2cccs2)C2CC2)c1. The highest BCUT2D eigenvalue weighted by Gasteiger charge is 2.34. The lowest BCUT2D eigenvalue weighted by molar-refractivity contribution is 0.0688. The zero-order valence-electron chi connectivity index (χ0n) is 10.6. The summed E-state index contributed by atoms with van der Waals surface area (Å²) in [6.07, 6.45) is 3.08. The van der Waals surface area contributed by atoms with Crippen LogP contribution in [0.2, 0.25) is 0 Å². The van der Waals surface area contributed by atoms with Crippen LogP contribution in [0, 0.1) is 0 Å². The number of carbonyl (C=O) groups is 2. The van der Waals surface area contributed by atoms with E-state index in [2.05, 4.69) is 0 Å². The van der Waals surface area contributed by atoms with Crippen molar-refractivity contribution in [2.45, 2.75) is 25.4 Å². The van der Waals surface area contributed by atoms with Crippen LogP contribution in [0.1, 0.15) is 38.6 Å². The Morgan fingerprint density at radius 1 is 1.45 bits per heavy atom. The second kappa shape index (κ2) is 5.13. The molecule has 2 aromatic rings. The summed E-state index contributed by atoms with van der Waals surface area (Å²) in [5, 5.41) is 10.8. The summed E-state index contributed by atoms with van der Waals surface area (Å²) < 4.78 is 5.10. The minimum atomic E-state index is -1.09. The molecule has 0 unspecified atom stereocenters. The lowest BCUT2D eigenvalue weighted by Gasteiger charge is -2.20. The second-order valence-electron chi connectivity index (χ2n) is 4.75. The Morgan fingerprint density at radius 2 is 2.25 bits per heavy atom. The van der Waals surface area contributed by atoms with Gasteiger partial charge in [0.25, 0.3) is 5.91 Å². The van der Waals surface area contributed by atoms with Gasteiger partial charge in [0.2, 0.25) is 0 Å². The van der Waals surface area contributed by atoms with Gasteiger partial charge in [0.15, 0.2) is 5.76 Å². The maximum absolute atomic E-state index is 12.4. The molecule has 1 N–H and O–H groups in total. The number of rotatable bonds is 5. The molecular weight excluding hydrogens is 278 g/mol. The van der Waals surface area contributed by atoms with Gasteiger partial charge in [-0.3, -0.25) is 4.79 Å². The van der Waals surface area contributed by atoms with Crippen molar-refractivity contribution in [3.63, 3.8) is 0 Å². The Kier molecular flexibility index (Phi) is 3.31. The van der Waals surface area contributed by atoms with Crippen LogP contribution >= 0.6 is 11.3 Å². The van der Waals surface area contributed by atoms with E-state index in [0.717, 1.165) is 24.0 Å². The van der Waals surface area contributed by atoms with E-state index in [9.17, 15) is 9.59 Å². The molecular formula is C14H13NO4S. The van der Waals surface area contributed by atoms with E-state index in [1.807, 2.05) is 17.5 Å². The summed E-state index contributed by atoms with van der Waals surface area (Å²) in [7, 11) is 0. The lowest BCUT2D eigenvalue weighted by Crippen LogP contribution is -2.32. The first-order valence-electron chi connectivity index (χ1n) is 6.30. The van der Waals surface area contributed by atoms with Crippen molar-refractivity contribution in [2.24, 2.45) is 0 Å². The van der Waals surface area contributed by atoms with E-state index >= 15 is 0 Å². The molecule has 5 nitrogen and oxygen atoms in total. The molecule has 0 spiro atoms. The topological polar surface area (TPSA) is 70.7 Å². The third kappa shape index (κ3) is 2.60. The van der Waals surface area contributed by atoms with Gasteiger partial charge < -0.3 is 14.4 Å². The number of nitrogens with zero attached hydrogens (tertiary/aromatic N) is 1. The maximum Gasteiger partial charge on any atom is 0.338 e. The van der Waals surface area contributed by atoms with Crippen molar-refractivity contribution in [1.29, 1.82) is 0 Å². The van der Waals surface area contributed by atoms with Crippen molar-refractivity contribution < 1.29 is 19.1 Å². The molecule has 0 saturated heterocycles. The fraction of sp³-hybridized carbons (Fsp3) is 0.286. The van der Waals surface area contributed by atoms with Crippen LogP contribution in [0.5, 0.6) is 0 Å². The summed E-state index contributed by atoms with van der Waals surface area (Å²) >= 11 is 1.60. The Labute approximate surface area is 119 Å². The third-order valence-electron chi connectivity index (χ3n) is 3.21. The van der Waals surface area contributed by atoms with Gasteiger partial charge in [0.05, 0.1) is 12.1 Å². The first kappa shape index (κ1) is 12.9. The Hall–Kier alpha value is -2.08. The second-order valence-corrected chi connectivity index (χ2v) is 5.78. The summed E-state index contributed by atoms with van der Waals surface area (Å²) in [5.41, 5.74) is 0.000204. The zero-order chi connectivity index (χ0) is 14.1. The molecule has 1 aliphatic carbocycles. The van der Waals surface area contributed by atoms with Gasteiger partial charge in [-0.2, -0.15) is 0 Å². The van der Waals surface area contributed by atoms with E-state index in [0.29, 0.717) is 6.54 Å². The molecule has 0 atom stereocenters. The molecule has 0 aliphatic heterocycles. The quantitative estimate of drug-likeness (QED) is 0.919. The minimum Gasteiger partial charge on any atom is -0.478 e. The van der Waals surface area contributed by atoms with Gasteiger partial charge in [-0.25, -0.2) is 4.79 Å². The number of thiophene rings is 1. The smallest absolute Gasteiger partial charge is 0.338 e. The van der Waals surface area contributed by atoms with Crippen molar-refractivity contribution in [2.75, 3.05) is 0 Å². The van der Waals surface area contributed by atoms with Gasteiger partial charge in [0.1, 0.15) is 6.26 Å². The number of amides is 1. The highest BCUT2D eigenvalue weighted by atomic mass is 32.1. The Morgan fingerprint density at radius 3 is 2.80 bits per heavy atom. The highest BCUT2D eigenvalue weighted by Crippen LogP contribution is 2.30. The van der Waals surface area contributed by atoms with Gasteiger partial charge in [-0.05, 0) is 24.3 Å². The largest absolute Gasteiger partial charge is 0.478 e. The first-order valence-corrected chi connectivity index (χ1v) is 7.18. The molecule has 0 bridgehead atoms. The van der Waals surface area contributed by atoms with Crippen LogP contribution < -0.4 is 0 Å². The van der Waals surface area contributed by atoms with Gasteiger partial charge in [-0.15, -0.1) is 11.3 Å². The van der Waals surface area contributed by atoms with E-state index in [1.54, 1.807) is 16.2 Å². The van der Waals surface area contributed by atoms with E-state index in [1.165, 1.54) is 6.07 Å². The molecule has 1 saturated carbocycles. The van der Waals surface area contributed by atoms with Gasteiger partial charge in [0, 0.05) is 17.0 Å². The molecule has 3 rings (SSSR count). The van der Waals surface area contributed by atoms with Crippen LogP contribution in [0.25, 0.3) is 0 Å². The minimum absolute atomic E-state index is 0.000204. The molecule has 104 valence electrons. The van der Waals surface area contributed by atoms with Crippen molar-refractivity contribution in [3.05, 3.63) is 46.0 Å². The molecule has 0 aromatic carbocycles. The molecule has 1 fully saturated rings. The molecule has 1 amide bonds. The normalized spacial score (nSPS) is 14.2. The van der Waals surface area contributed by atoms with Crippen LogP contribution in [0.4, 0.5) is 0 Å². The van der Waals surface area contributed by atoms with E-state index in [4.69, 9.17) is 9.52 Å². The highest BCUT2D eigenvalue weighted by molar-refractivity contribution is 7.09. The molecule has 6 heteroatoms. The van der Waals surface area contributed by atoms with E-state index in [-0.39, 0.29) is 23.3 Å². The fourth-order valence-electron chi connectivity index (χ4n) is 2.03. The third-order valence-corrected chi connectivity index (χ3v) is 4.07. The van der Waals surface area contributed by atoms with E-state index < -0.39 is 5.97 Å². The predicted molar refractivity (Wildman–Crippen MR) is 72.9 cm³/mol. The van der Waals surface area contributed by atoms with Gasteiger partial charge in [-0.1, -0.05) is 6.07 Å². The van der Waals surface area contributed by atoms with Crippen LogP contribution in [0.3, 0.4) is 0 Å². The molecule has 2 aromatic heterocycles. The van der Waals surface area contributed by atoms with Crippen LogP contribution in [0.15, 0.2) is 34.3 Å². The molecule has 0 radical (unpaired) electrons. The summed E-state index contributed by atoms with van der Waals surface area (Å²) in [6.45, 7) is 0.546. The average molecular weight is 291 g/mol. The maximum atomic E-state index is 12.4. The predicted octanol–water partition coefficient (Wildman–Crippen LogP) is 2.84. The number of aromatic carboxylic acids is 1. The Bertz CT molecular complexity index is 627. The first-order chi connectivity index (χ1) is 9.65. The molecule has 1 aliphatic rings. The summed E-state index contributed by atoms with van der Waals surface area (Å²) in [4.78, 5) is 26.1. The van der Waals surface area contributed by atoms with Crippen molar-refractivity contribution in [3.8, 4) is 0 Å². The number of hydrogen-bond acceptors (Lipinski definition) is 4. The van der Waals surface area contributed by atoms with Gasteiger partial charge >= 0.3 is 5.97 Å². The number of carbonyl (C=O) groups excluding carboxylic acids is 1. The standard InChI is InChI=1S/C14H13NO4S/c16-13(12-6-9(8-19-12)14(17)18)15(10-3-4-10)7-11-2-1-5-20-11/h1-2,5-6,8,10H,3-4,7H2,(H,17,18). The summed E-state index contributed by atoms with van der Waals surface area (Å²) in [5.74, 6) is -1.25. The lowest BCUT2D eigenvalue weighted by atomic mass is 10.3. The van der Waals surface area contributed by atoms with Crippen molar-refractivity contribution in [1.82, 2.24) is 4.90 Å². The Balaban J connectivity index is 1.79. The number of carboxylic acids is 1. The van der Waals surface area contributed by atoms with Crippen molar-refractivity contribution >= 4 is 23.2 Å². The number of furan rings is 1. The average Bonchev–Trinajstić information content (AvgIpc) is 2.95. The monoisotopic (exact) mass is 291 g/mol. The summed E-state index contributed by atoms with van der Waals surface area (Å²) in [6, 6.07) is 5.46. The zero-order valence-corrected chi connectivity index (χ0v) is 11.4. The molecule has 20 heavy (non-hydrogen) atoms. The molecule has 2 heterocycles.